The van der Waals surface area contributed by atoms with Crippen LogP contribution in [0.25, 0.3) is 0 Å². The molecule has 1 aromatic heterocycles. The van der Waals surface area contributed by atoms with Gasteiger partial charge >= 0.3 is 0 Å². The Morgan fingerprint density at radius 1 is 1.27 bits per heavy atom. The number of nitrogens with one attached hydrogen (secondary N) is 2. The Labute approximate surface area is 96.1 Å². The topological polar surface area (TPSA) is 24.1 Å². The van der Waals surface area contributed by atoms with Crippen LogP contribution in [0.2, 0.25) is 0 Å². The van der Waals surface area contributed by atoms with Gasteiger partial charge < -0.3 is 10.6 Å². The van der Waals surface area contributed by atoms with Crippen molar-refractivity contribution in [3.05, 3.63) is 22.4 Å². The van der Waals surface area contributed by atoms with Crippen molar-refractivity contribution >= 4 is 11.3 Å². The molecule has 1 aliphatic carbocycles. The molecule has 0 amide bonds. The molecule has 1 saturated carbocycles. The summed E-state index contributed by atoms with van der Waals surface area (Å²) in [5.74, 6) is 0. The van der Waals surface area contributed by atoms with Gasteiger partial charge in [-0.25, -0.2) is 0 Å². The quantitative estimate of drug-likeness (QED) is 0.725. The highest BCUT2D eigenvalue weighted by Crippen LogP contribution is 2.17. The zero-order valence-corrected chi connectivity index (χ0v) is 9.98. The maximum atomic E-state index is 3.60. The fourth-order valence-electron chi connectivity index (χ4n) is 2.12. The number of rotatable bonds is 6. The van der Waals surface area contributed by atoms with Gasteiger partial charge in [0.15, 0.2) is 0 Å². The first-order chi connectivity index (χ1) is 7.45. The smallest absolute Gasteiger partial charge is 0.0300 e. The lowest BCUT2D eigenvalue weighted by Gasteiger charge is -2.11. The largest absolute Gasteiger partial charge is 0.313 e. The Balaban J connectivity index is 1.48. The Morgan fingerprint density at radius 3 is 2.87 bits per heavy atom. The molecule has 15 heavy (non-hydrogen) atoms. The molecule has 0 spiro atoms. The summed E-state index contributed by atoms with van der Waals surface area (Å²) in [4.78, 5) is 1.43. The van der Waals surface area contributed by atoms with Crippen molar-refractivity contribution in [1.82, 2.24) is 10.6 Å². The van der Waals surface area contributed by atoms with E-state index in [4.69, 9.17) is 0 Å². The molecular weight excluding hydrogens is 204 g/mol. The van der Waals surface area contributed by atoms with Crippen LogP contribution in [0.3, 0.4) is 0 Å². The van der Waals surface area contributed by atoms with Gasteiger partial charge in [0.05, 0.1) is 0 Å². The van der Waals surface area contributed by atoms with Crippen LogP contribution in [0.4, 0.5) is 0 Å². The summed E-state index contributed by atoms with van der Waals surface area (Å²) in [5, 5.41) is 9.19. The third-order valence-electron chi connectivity index (χ3n) is 2.97. The normalized spacial score (nSPS) is 17.3. The third-order valence-corrected chi connectivity index (χ3v) is 3.85. The van der Waals surface area contributed by atoms with Gasteiger partial charge in [0, 0.05) is 30.6 Å². The molecule has 2 rings (SSSR count). The van der Waals surface area contributed by atoms with Crippen molar-refractivity contribution in [2.45, 2.75) is 38.3 Å². The predicted octanol–water partition coefficient (Wildman–Crippen LogP) is 2.37. The average Bonchev–Trinajstić information content (AvgIpc) is 2.88. The van der Waals surface area contributed by atoms with Gasteiger partial charge in [-0.05, 0) is 24.3 Å². The maximum absolute atomic E-state index is 3.60. The first kappa shape index (κ1) is 11.1. The Bertz CT molecular complexity index is 253. The van der Waals surface area contributed by atoms with Crippen molar-refractivity contribution in [3.63, 3.8) is 0 Å². The lowest BCUT2D eigenvalue weighted by Crippen LogP contribution is -2.33. The summed E-state index contributed by atoms with van der Waals surface area (Å²) < 4.78 is 0. The van der Waals surface area contributed by atoms with E-state index >= 15 is 0 Å². The van der Waals surface area contributed by atoms with Gasteiger partial charge in [-0.3, -0.25) is 0 Å². The van der Waals surface area contributed by atoms with Crippen LogP contribution in [-0.2, 0) is 6.54 Å². The van der Waals surface area contributed by atoms with Crippen LogP contribution in [0, 0.1) is 0 Å². The molecular formula is C12H20N2S. The molecule has 0 unspecified atom stereocenters. The standard InChI is InChI=1S/C12H20N2S/c1-2-5-11(4-1)14-8-7-13-10-12-6-3-9-15-12/h3,6,9,11,13-14H,1-2,4-5,7-8,10H2. The molecule has 0 atom stereocenters. The molecule has 1 fully saturated rings. The first-order valence-electron chi connectivity index (χ1n) is 5.91. The van der Waals surface area contributed by atoms with Crippen molar-refractivity contribution in [1.29, 1.82) is 0 Å². The second kappa shape index (κ2) is 6.26. The first-order valence-corrected chi connectivity index (χ1v) is 6.79. The molecule has 3 heteroatoms. The van der Waals surface area contributed by atoms with Gasteiger partial charge in [0.2, 0.25) is 0 Å². The van der Waals surface area contributed by atoms with E-state index in [0.29, 0.717) is 0 Å². The fourth-order valence-corrected chi connectivity index (χ4v) is 2.79. The van der Waals surface area contributed by atoms with E-state index in [1.54, 1.807) is 0 Å². The van der Waals surface area contributed by atoms with Crippen LogP contribution in [0.15, 0.2) is 17.5 Å². The summed E-state index contributed by atoms with van der Waals surface area (Å²) in [6.07, 6.45) is 5.59. The molecule has 0 saturated heterocycles. The predicted molar refractivity (Wildman–Crippen MR) is 66.3 cm³/mol. The summed E-state index contributed by atoms with van der Waals surface area (Å²) in [6.45, 7) is 3.20. The monoisotopic (exact) mass is 224 g/mol. The molecule has 1 aromatic rings. The zero-order chi connectivity index (χ0) is 10.3. The van der Waals surface area contributed by atoms with E-state index < -0.39 is 0 Å². The molecule has 0 aliphatic heterocycles. The Hall–Kier alpha value is -0.380. The maximum Gasteiger partial charge on any atom is 0.0300 e. The van der Waals surface area contributed by atoms with Crippen molar-refractivity contribution in [2.75, 3.05) is 13.1 Å². The summed E-state index contributed by atoms with van der Waals surface area (Å²) in [6, 6.07) is 5.09. The SMILES string of the molecule is c1csc(CNCCNC2CCCC2)c1. The van der Waals surface area contributed by atoms with E-state index in [-0.39, 0.29) is 0 Å². The van der Waals surface area contributed by atoms with Gasteiger partial charge in [0.1, 0.15) is 0 Å². The molecule has 0 bridgehead atoms. The van der Waals surface area contributed by atoms with E-state index in [1.807, 2.05) is 11.3 Å². The molecule has 1 heterocycles. The number of thiophene rings is 1. The lowest BCUT2D eigenvalue weighted by atomic mass is 10.2. The molecule has 1 aliphatic rings. The van der Waals surface area contributed by atoms with Crippen LogP contribution in [0.5, 0.6) is 0 Å². The van der Waals surface area contributed by atoms with E-state index in [0.717, 1.165) is 25.7 Å². The molecule has 2 nitrogen and oxygen atoms in total. The number of hydrogen-bond acceptors (Lipinski definition) is 3. The minimum Gasteiger partial charge on any atom is -0.313 e. The van der Waals surface area contributed by atoms with Gasteiger partial charge in [-0.1, -0.05) is 18.9 Å². The summed E-state index contributed by atoms with van der Waals surface area (Å²) >= 11 is 1.82. The van der Waals surface area contributed by atoms with Gasteiger partial charge in [0.25, 0.3) is 0 Å². The highest BCUT2D eigenvalue weighted by Gasteiger charge is 2.12. The molecule has 0 aromatic carbocycles. The van der Waals surface area contributed by atoms with Crippen molar-refractivity contribution in [2.24, 2.45) is 0 Å². The molecule has 2 N–H and O–H groups in total. The van der Waals surface area contributed by atoms with E-state index in [2.05, 4.69) is 28.1 Å². The highest BCUT2D eigenvalue weighted by molar-refractivity contribution is 7.09. The second-order valence-electron chi connectivity index (χ2n) is 4.19. The van der Waals surface area contributed by atoms with E-state index in [9.17, 15) is 0 Å². The lowest BCUT2D eigenvalue weighted by molar-refractivity contribution is 0.509. The molecule has 84 valence electrons. The van der Waals surface area contributed by atoms with Crippen LogP contribution >= 0.6 is 11.3 Å². The minimum atomic E-state index is 0.800. The van der Waals surface area contributed by atoms with E-state index in [1.165, 1.54) is 30.6 Å². The van der Waals surface area contributed by atoms with Crippen molar-refractivity contribution < 1.29 is 0 Å². The summed E-state index contributed by atoms with van der Waals surface area (Å²) in [5.41, 5.74) is 0. The van der Waals surface area contributed by atoms with Crippen LogP contribution in [-0.4, -0.2) is 19.1 Å². The van der Waals surface area contributed by atoms with Crippen LogP contribution < -0.4 is 10.6 Å². The highest BCUT2D eigenvalue weighted by atomic mass is 32.1. The summed E-state index contributed by atoms with van der Waals surface area (Å²) in [7, 11) is 0. The average molecular weight is 224 g/mol. The fraction of sp³-hybridized carbons (Fsp3) is 0.667. The minimum absolute atomic E-state index is 0.800. The number of hydrogen-bond donors (Lipinski definition) is 2. The Morgan fingerprint density at radius 2 is 2.13 bits per heavy atom. The second-order valence-corrected chi connectivity index (χ2v) is 5.22. The van der Waals surface area contributed by atoms with Gasteiger partial charge in [-0.15, -0.1) is 11.3 Å². The van der Waals surface area contributed by atoms with Crippen LogP contribution in [0.1, 0.15) is 30.6 Å². The zero-order valence-electron chi connectivity index (χ0n) is 9.17. The van der Waals surface area contributed by atoms with Crippen molar-refractivity contribution in [3.8, 4) is 0 Å². The van der Waals surface area contributed by atoms with Gasteiger partial charge in [-0.2, -0.15) is 0 Å². The molecule has 0 radical (unpaired) electrons. The third kappa shape index (κ3) is 3.93. The Kier molecular flexibility index (Phi) is 4.64.